The molecule has 1 amide bonds. The summed E-state index contributed by atoms with van der Waals surface area (Å²) in [4.78, 5) is 12.2. The molecule has 4 heteroatoms. The van der Waals surface area contributed by atoms with Crippen LogP contribution in [0.25, 0.3) is 0 Å². The van der Waals surface area contributed by atoms with Crippen molar-refractivity contribution in [1.29, 1.82) is 0 Å². The molecule has 0 saturated heterocycles. The van der Waals surface area contributed by atoms with Crippen LogP contribution in [0, 0.1) is 0 Å². The van der Waals surface area contributed by atoms with Crippen LogP contribution in [0.15, 0.2) is 36.5 Å². The molecule has 210 valence electrons. The lowest BCUT2D eigenvalue weighted by Gasteiger charge is -2.19. The molecule has 0 aromatic carbocycles. The van der Waals surface area contributed by atoms with Crippen LogP contribution in [0.1, 0.15) is 142 Å². The molecular weight excluding hydrogens is 446 g/mol. The number of nitrogens with one attached hydrogen (secondary N) is 1. The lowest BCUT2D eigenvalue weighted by atomic mass is 10.1. The Balaban J connectivity index is 3.81. The van der Waals surface area contributed by atoms with Crippen molar-refractivity contribution in [2.45, 2.75) is 154 Å². The van der Waals surface area contributed by atoms with Gasteiger partial charge in [-0.1, -0.05) is 134 Å². The molecule has 0 bridgehead atoms. The molecule has 0 rings (SSSR count). The minimum atomic E-state index is -0.857. The number of hydrogen-bond acceptors (Lipinski definition) is 3. The van der Waals surface area contributed by atoms with Crippen molar-refractivity contribution >= 4 is 5.91 Å². The van der Waals surface area contributed by atoms with E-state index in [-0.39, 0.29) is 12.5 Å². The monoisotopic (exact) mass is 505 g/mol. The summed E-state index contributed by atoms with van der Waals surface area (Å²) in [5.74, 6) is -0.135. The SMILES string of the molecule is CCCCCCCC/C=C\C/C=C\CCC(=O)NC(CO)C(O)/C=C/CCCCCCCCCCC. The van der Waals surface area contributed by atoms with Gasteiger partial charge in [-0.15, -0.1) is 0 Å². The Bertz CT molecular complexity index is 556. The zero-order chi connectivity index (χ0) is 26.5. The first-order chi connectivity index (χ1) is 17.7. The predicted molar refractivity (Wildman–Crippen MR) is 156 cm³/mol. The number of aliphatic hydroxyl groups is 2. The number of allylic oxidation sites excluding steroid dienone is 5. The summed E-state index contributed by atoms with van der Waals surface area (Å²) in [6.07, 6.45) is 35.1. The molecule has 3 N–H and O–H groups in total. The average molecular weight is 506 g/mol. The molecule has 0 aromatic heterocycles. The van der Waals surface area contributed by atoms with Crippen molar-refractivity contribution in [3.05, 3.63) is 36.5 Å². The van der Waals surface area contributed by atoms with Crippen molar-refractivity contribution in [2.24, 2.45) is 0 Å². The van der Waals surface area contributed by atoms with E-state index in [1.54, 1.807) is 6.08 Å². The van der Waals surface area contributed by atoms with Gasteiger partial charge in [-0.25, -0.2) is 0 Å². The van der Waals surface area contributed by atoms with E-state index < -0.39 is 12.1 Å². The van der Waals surface area contributed by atoms with Gasteiger partial charge in [0.25, 0.3) is 0 Å². The van der Waals surface area contributed by atoms with Gasteiger partial charge < -0.3 is 15.5 Å². The molecular formula is C32H59NO3. The van der Waals surface area contributed by atoms with E-state index in [1.165, 1.54) is 89.9 Å². The summed E-state index contributed by atoms with van der Waals surface area (Å²) in [5, 5.41) is 22.6. The highest BCUT2D eigenvalue weighted by Gasteiger charge is 2.17. The van der Waals surface area contributed by atoms with Gasteiger partial charge >= 0.3 is 0 Å². The number of hydrogen-bond donors (Lipinski definition) is 3. The van der Waals surface area contributed by atoms with Crippen LogP contribution in [0.2, 0.25) is 0 Å². The first kappa shape index (κ1) is 34.6. The van der Waals surface area contributed by atoms with Crippen LogP contribution in [-0.2, 0) is 4.79 Å². The molecule has 0 radical (unpaired) electrons. The highest BCUT2D eigenvalue weighted by molar-refractivity contribution is 5.76. The maximum Gasteiger partial charge on any atom is 0.220 e. The Morgan fingerprint density at radius 2 is 1.14 bits per heavy atom. The van der Waals surface area contributed by atoms with Gasteiger partial charge in [0.15, 0.2) is 0 Å². The van der Waals surface area contributed by atoms with Gasteiger partial charge in [0.1, 0.15) is 0 Å². The number of carbonyl (C=O) groups excluding carboxylic acids is 1. The number of carbonyl (C=O) groups is 1. The number of rotatable bonds is 26. The van der Waals surface area contributed by atoms with Gasteiger partial charge in [-0.05, 0) is 38.5 Å². The quantitative estimate of drug-likeness (QED) is 0.0817. The van der Waals surface area contributed by atoms with Crippen LogP contribution in [-0.4, -0.2) is 34.9 Å². The van der Waals surface area contributed by atoms with Crippen molar-refractivity contribution in [3.8, 4) is 0 Å². The van der Waals surface area contributed by atoms with Gasteiger partial charge in [0.05, 0.1) is 18.8 Å². The van der Waals surface area contributed by atoms with E-state index in [9.17, 15) is 15.0 Å². The van der Waals surface area contributed by atoms with Crippen molar-refractivity contribution in [3.63, 3.8) is 0 Å². The summed E-state index contributed by atoms with van der Waals surface area (Å²) >= 11 is 0. The largest absolute Gasteiger partial charge is 0.394 e. The number of aliphatic hydroxyl groups excluding tert-OH is 2. The smallest absolute Gasteiger partial charge is 0.220 e. The summed E-state index contributed by atoms with van der Waals surface area (Å²) < 4.78 is 0. The van der Waals surface area contributed by atoms with E-state index in [4.69, 9.17) is 0 Å². The van der Waals surface area contributed by atoms with Crippen molar-refractivity contribution in [2.75, 3.05) is 6.61 Å². The Morgan fingerprint density at radius 1 is 0.667 bits per heavy atom. The normalized spacial score (nSPS) is 13.8. The van der Waals surface area contributed by atoms with Crippen LogP contribution < -0.4 is 5.32 Å². The second-order valence-electron chi connectivity index (χ2n) is 10.2. The Kier molecular flexibility index (Phi) is 27.1. The molecule has 2 unspecified atom stereocenters. The van der Waals surface area contributed by atoms with Gasteiger partial charge in [-0.2, -0.15) is 0 Å². The van der Waals surface area contributed by atoms with E-state index in [1.807, 2.05) is 12.2 Å². The van der Waals surface area contributed by atoms with Crippen LogP contribution in [0.5, 0.6) is 0 Å². The Hall–Kier alpha value is -1.39. The van der Waals surface area contributed by atoms with E-state index in [0.29, 0.717) is 12.8 Å². The minimum absolute atomic E-state index is 0.135. The average Bonchev–Trinajstić information content (AvgIpc) is 2.88. The third-order valence-electron chi connectivity index (χ3n) is 6.63. The first-order valence-electron chi connectivity index (χ1n) is 15.2. The van der Waals surface area contributed by atoms with Crippen LogP contribution in [0.3, 0.4) is 0 Å². The van der Waals surface area contributed by atoms with E-state index in [0.717, 1.165) is 25.7 Å². The molecule has 0 aliphatic heterocycles. The number of unbranched alkanes of at least 4 members (excludes halogenated alkanes) is 15. The predicted octanol–water partition coefficient (Wildman–Crippen LogP) is 8.33. The second-order valence-corrected chi connectivity index (χ2v) is 10.2. The summed E-state index contributed by atoms with van der Waals surface area (Å²) in [7, 11) is 0. The summed E-state index contributed by atoms with van der Waals surface area (Å²) in [5.41, 5.74) is 0. The number of amides is 1. The van der Waals surface area contributed by atoms with E-state index >= 15 is 0 Å². The van der Waals surface area contributed by atoms with Crippen molar-refractivity contribution in [1.82, 2.24) is 5.32 Å². The summed E-state index contributed by atoms with van der Waals surface area (Å²) in [6.45, 7) is 4.23. The first-order valence-corrected chi connectivity index (χ1v) is 15.2. The molecule has 0 spiro atoms. The molecule has 0 heterocycles. The topological polar surface area (TPSA) is 69.6 Å². The highest BCUT2D eigenvalue weighted by atomic mass is 16.3. The molecule has 36 heavy (non-hydrogen) atoms. The minimum Gasteiger partial charge on any atom is -0.394 e. The third-order valence-corrected chi connectivity index (χ3v) is 6.63. The fourth-order valence-electron chi connectivity index (χ4n) is 4.22. The lowest BCUT2D eigenvalue weighted by molar-refractivity contribution is -0.122. The summed E-state index contributed by atoms with van der Waals surface area (Å²) in [6, 6.07) is -0.647. The van der Waals surface area contributed by atoms with Gasteiger partial charge in [0, 0.05) is 6.42 Å². The Morgan fingerprint density at radius 3 is 1.67 bits per heavy atom. The third kappa shape index (κ3) is 24.3. The lowest BCUT2D eigenvalue weighted by Crippen LogP contribution is -2.45. The fraction of sp³-hybridized carbons (Fsp3) is 0.781. The molecule has 4 nitrogen and oxygen atoms in total. The molecule has 0 saturated carbocycles. The van der Waals surface area contributed by atoms with E-state index in [2.05, 4.69) is 37.4 Å². The molecule has 2 atom stereocenters. The fourth-order valence-corrected chi connectivity index (χ4v) is 4.22. The zero-order valence-corrected chi connectivity index (χ0v) is 23.8. The second kappa shape index (κ2) is 28.2. The molecule has 0 aliphatic rings. The molecule has 0 aromatic rings. The van der Waals surface area contributed by atoms with Gasteiger partial charge in [0.2, 0.25) is 5.91 Å². The van der Waals surface area contributed by atoms with Crippen LogP contribution in [0.4, 0.5) is 0 Å². The zero-order valence-electron chi connectivity index (χ0n) is 23.8. The van der Waals surface area contributed by atoms with Crippen LogP contribution >= 0.6 is 0 Å². The molecule has 0 fully saturated rings. The van der Waals surface area contributed by atoms with Gasteiger partial charge in [-0.3, -0.25) is 4.79 Å². The highest BCUT2D eigenvalue weighted by Crippen LogP contribution is 2.11. The molecule has 0 aliphatic carbocycles. The van der Waals surface area contributed by atoms with Crippen molar-refractivity contribution < 1.29 is 15.0 Å². The maximum atomic E-state index is 12.2. The standard InChI is InChI=1S/C32H59NO3/c1-3-5-7-9-11-13-15-16-18-20-22-24-26-28-32(36)33-30(29-34)31(35)27-25-23-21-19-17-14-12-10-8-6-4-2/h16,18,22,24-25,27,30-31,34-35H,3-15,17,19-21,23,26,28-29H2,1-2H3,(H,33,36)/b18-16-,24-22-,27-25+. The Labute approximate surface area is 223 Å². The maximum absolute atomic E-state index is 12.2.